The van der Waals surface area contributed by atoms with E-state index >= 15 is 0 Å². The zero-order valence-electron chi connectivity index (χ0n) is 10.2. The minimum Gasteiger partial charge on any atom is -0.300 e. The predicted molar refractivity (Wildman–Crippen MR) is 69.8 cm³/mol. The highest BCUT2D eigenvalue weighted by Gasteiger charge is 2.08. The molecule has 0 aliphatic carbocycles. The largest absolute Gasteiger partial charge is 0.300 e. The van der Waals surface area contributed by atoms with Gasteiger partial charge in [0.05, 0.1) is 5.02 Å². The second-order valence-electron chi connectivity index (χ2n) is 4.39. The molecule has 0 saturated carbocycles. The van der Waals surface area contributed by atoms with E-state index < -0.39 is 0 Å². The van der Waals surface area contributed by atoms with Gasteiger partial charge < -0.3 is 4.79 Å². The molecule has 2 nitrogen and oxygen atoms in total. The van der Waals surface area contributed by atoms with Crippen molar-refractivity contribution in [2.45, 2.75) is 39.0 Å². The lowest BCUT2D eigenvalue weighted by molar-refractivity contribution is -0.117. The van der Waals surface area contributed by atoms with Gasteiger partial charge in [0.15, 0.2) is 6.29 Å². The predicted octanol–water partition coefficient (Wildman–Crippen LogP) is 4.02. The molecule has 1 atom stereocenters. The summed E-state index contributed by atoms with van der Waals surface area (Å²) in [4.78, 5) is 21.6. The summed E-state index contributed by atoms with van der Waals surface area (Å²) < 4.78 is 0. The average Bonchev–Trinajstić information content (AvgIpc) is 2.29. The fourth-order valence-electron chi connectivity index (χ4n) is 1.78. The van der Waals surface area contributed by atoms with E-state index in [1.165, 1.54) is 0 Å². The molecule has 1 rings (SSSR count). The van der Waals surface area contributed by atoms with Crippen LogP contribution in [0.25, 0.3) is 0 Å². The molecule has 0 aromatic heterocycles. The first-order valence-electron chi connectivity index (χ1n) is 5.78. The number of carbonyl (C=O) groups excluding carboxylic acids is 2. The van der Waals surface area contributed by atoms with Crippen LogP contribution in [-0.2, 0) is 4.79 Å². The molecule has 3 heteroatoms. The molecule has 0 N–H and O–H groups in total. The number of hydrogen-bond donors (Lipinski definition) is 0. The molecule has 0 spiro atoms. The first kappa shape index (κ1) is 13.9. The van der Waals surface area contributed by atoms with E-state index in [1.807, 2.05) is 12.1 Å². The van der Waals surface area contributed by atoms with Crippen LogP contribution >= 0.6 is 11.6 Å². The molecule has 92 valence electrons. The maximum atomic E-state index is 10.8. The summed E-state index contributed by atoms with van der Waals surface area (Å²) in [5.74, 6) is 0.562. The highest BCUT2D eigenvalue weighted by atomic mass is 35.5. The summed E-state index contributed by atoms with van der Waals surface area (Å²) >= 11 is 5.87. The van der Waals surface area contributed by atoms with Crippen molar-refractivity contribution in [2.24, 2.45) is 0 Å². The molecular weight excluding hydrogens is 236 g/mol. The Hall–Kier alpha value is -1.15. The van der Waals surface area contributed by atoms with Crippen molar-refractivity contribution in [3.05, 3.63) is 34.3 Å². The number of carbonyl (C=O) groups is 2. The number of halogens is 1. The van der Waals surface area contributed by atoms with Gasteiger partial charge in [0, 0.05) is 12.0 Å². The molecule has 1 aromatic rings. The van der Waals surface area contributed by atoms with Crippen LogP contribution in [0.3, 0.4) is 0 Å². The third-order valence-electron chi connectivity index (χ3n) is 2.88. The van der Waals surface area contributed by atoms with E-state index in [0.717, 1.165) is 24.7 Å². The second kappa shape index (κ2) is 6.55. The zero-order chi connectivity index (χ0) is 12.8. The molecule has 0 bridgehead atoms. The molecule has 1 unspecified atom stereocenters. The van der Waals surface area contributed by atoms with Crippen molar-refractivity contribution in [1.29, 1.82) is 0 Å². The summed E-state index contributed by atoms with van der Waals surface area (Å²) in [6.07, 6.45) is 3.22. The maximum Gasteiger partial charge on any atom is 0.151 e. The minimum atomic E-state index is 0.224. The van der Waals surface area contributed by atoms with Gasteiger partial charge >= 0.3 is 0 Å². The van der Waals surface area contributed by atoms with Crippen LogP contribution in [0.5, 0.6) is 0 Å². The van der Waals surface area contributed by atoms with E-state index in [-0.39, 0.29) is 5.78 Å². The number of aldehydes is 1. The Labute approximate surface area is 107 Å². The van der Waals surface area contributed by atoms with E-state index in [4.69, 9.17) is 11.6 Å². The molecule has 0 radical (unpaired) electrons. The van der Waals surface area contributed by atoms with Crippen LogP contribution in [0.2, 0.25) is 5.02 Å². The Morgan fingerprint density at radius 2 is 2.18 bits per heavy atom. The molecule has 0 saturated heterocycles. The molecule has 0 amide bonds. The number of rotatable bonds is 6. The summed E-state index contributed by atoms with van der Waals surface area (Å²) in [6.45, 7) is 3.70. The minimum absolute atomic E-state index is 0.224. The van der Waals surface area contributed by atoms with Crippen molar-refractivity contribution >= 4 is 23.7 Å². The van der Waals surface area contributed by atoms with E-state index in [1.54, 1.807) is 13.0 Å². The van der Waals surface area contributed by atoms with Crippen molar-refractivity contribution in [3.63, 3.8) is 0 Å². The molecular formula is C14H17ClO2. The Morgan fingerprint density at radius 1 is 1.47 bits per heavy atom. The van der Waals surface area contributed by atoms with E-state index in [2.05, 4.69) is 6.92 Å². The topological polar surface area (TPSA) is 34.1 Å². The number of benzene rings is 1. The Morgan fingerprint density at radius 3 is 2.76 bits per heavy atom. The van der Waals surface area contributed by atoms with Gasteiger partial charge in [0.2, 0.25) is 0 Å². The van der Waals surface area contributed by atoms with Gasteiger partial charge in [-0.25, -0.2) is 0 Å². The summed E-state index contributed by atoms with van der Waals surface area (Å²) in [7, 11) is 0. The highest BCUT2D eigenvalue weighted by molar-refractivity contribution is 6.32. The van der Waals surface area contributed by atoms with Crippen molar-refractivity contribution in [1.82, 2.24) is 0 Å². The van der Waals surface area contributed by atoms with Crippen molar-refractivity contribution < 1.29 is 9.59 Å². The van der Waals surface area contributed by atoms with Crippen LogP contribution in [0.1, 0.15) is 54.9 Å². The van der Waals surface area contributed by atoms with Crippen LogP contribution in [0.15, 0.2) is 18.2 Å². The maximum absolute atomic E-state index is 10.8. The summed E-state index contributed by atoms with van der Waals surface area (Å²) in [5.41, 5.74) is 1.63. The van der Waals surface area contributed by atoms with Gasteiger partial charge in [-0.15, -0.1) is 0 Å². The first-order valence-corrected chi connectivity index (χ1v) is 6.16. The Bertz CT molecular complexity index is 413. The van der Waals surface area contributed by atoms with Gasteiger partial charge in [-0.3, -0.25) is 4.79 Å². The molecule has 1 aromatic carbocycles. The molecule has 0 fully saturated rings. The quantitative estimate of drug-likeness (QED) is 0.717. The molecule has 17 heavy (non-hydrogen) atoms. The van der Waals surface area contributed by atoms with Crippen LogP contribution in [0.4, 0.5) is 0 Å². The monoisotopic (exact) mass is 252 g/mol. The second-order valence-corrected chi connectivity index (χ2v) is 4.80. The Kier molecular flexibility index (Phi) is 5.36. The average molecular weight is 253 g/mol. The SMILES string of the molecule is CC(=O)CCCC(C)c1ccc(Cl)c(C=O)c1. The third kappa shape index (κ3) is 4.31. The standard InChI is InChI=1S/C14H17ClO2/c1-10(4-3-5-11(2)17)12-6-7-14(15)13(8-12)9-16/h6-10H,3-5H2,1-2H3. The summed E-state index contributed by atoms with van der Waals surface area (Å²) in [5, 5.41) is 0.486. The number of Topliss-reactive ketones (excluding diaryl/α,β-unsaturated/α-hetero) is 1. The normalized spacial score (nSPS) is 12.2. The van der Waals surface area contributed by atoms with Crippen LogP contribution < -0.4 is 0 Å². The highest BCUT2D eigenvalue weighted by Crippen LogP contribution is 2.25. The molecule has 0 aliphatic heterocycles. The fourth-order valence-corrected chi connectivity index (χ4v) is 1.95. The smallest absolute Gasteiger partial charge is 0.151 e. The van der Waals surface area contributed by atoms with Gasteiger partial charge in [-0.1, -0.05) is 24.6 Å². The van der Waals surface area contributed by atoms with Gasteiger partial charge in [-0.2, -0.15) is 0 Å². The molecule has 0 aliphatic rings. The van der Waals surface area contributed by atoms with Crippen molar-refractivity contribution in [2.75, 3.05) is 0 Å². The van der Waals surface area contributed by atoms with Gasteiger partial charge in [0.25, 0.3) is 0 Å². The molecule has 0 heterocycles. The number of hydrogen-bond acceptors (Lipinski definition) is 2. The van der Waals surface area contributed by atoms with Crippen molar-refractivity contribution in [3.8, 4) is 0 Å². The summed E-state index contributed by atoms with van der Waals surface area (Å²) in [6, 6.07) is 5.52. The van der Waals surface area contributed by atoms with Crippen LogP contribution in [-0.4, -0.2) is 12.1 Å². The van der Waals surface area contributed by atoms with E-state index in [0.29, 0.717) is 22.9 Å². The van der Waals surface area contributed by atoms with Crippen LogP contribution in [0, 0.1) is 0 Å². The first-order chi connectivity index (χ1) is 8.04. The van der Waals surface area contributed by atoms with Gasteiger partial charge in [0.1, 0.15) is 5.78 Å². The zero-order valence-corrected chi connectivity index (χ0v) is 11.0. The fraction of sp³-hybridized carbons (Fsp3) is 0.429. The lowest BCUT2D eigenvalue weighted by Gasteiger charge is -2.12. The lowest BCUT2D eigenvalue weighted by Crippen LogP contribution is -1.97. The van der Waals surface area contributed by atoms with E-state index in [9.17, 15) is 9.59 Å². The van der Waals surface area contributed by atoms with Gasteiger partial charge in [-0.05, 0) is 43.4 Å². The third-order valence-corrected chi connectivity index (χ3v) is 3.23. The lowest BCUT2D eigenvalue weighted by atomic mass is 9.94. The Balaban J connectivity index is 2.65. The number of ketones is 1.